The fraction of sp³-hybridized carbons (Fsp3) is 0.250. The molecule has 1 heterocycles. The third-order valence-electron chi connectivity index (χ3n) is 1.49. The number of nitrogens with zero attached hydrogens (tertiary/aromatic N) is 1. The second-order valence-electron chi connectivity index (χ2n) is 2.41. The van der Waals surface area contributed by atoms with E-state index in [1.54, 1.807) is 6.07 Å². The maximum atomic E-state index is 11.1. The maximum absolute atomic E-state index is 11.1. The van der Waals surface area contributed by atoms with Gasteiger partial charge in [0.15, 0.2) is 5.69 Å². The van der Waals surface area contributed by atoms with Gasteiger partial charge in [-0.25, -0.2) is 4.79 Å². The predicted octanol–water partition coefficient (Wildman–Crippen LogP) is 1.84. The summed E-state index contributed by atoms with van der Waals surface area (Å²) in [5, 5.41) is 2.20. The Balaban J connectivity index is 3.18. The third kappa shape index (κ3) is 2.02. The van der Waals surface area contributed by atoms with Crippen LogP contribution in [0.2, 0.25) is 0 Å². The van der Waals surface area contributed by atoms with E-state index in [0.717, 1.165) is 5.69 Å². The molecule has 0 fully saturated rings. The van der Waals surface area contributed by atoms with Gasteiger partial charge >= 0.3 is 5.97 Å². The summed E-state index contributed by atoms with van der Waals surface area (Å²) in [5.41, 5.74) is 1.58. The van der Waals surface area contributed by atoms with Gasteiger partial charge in [-0.05, 0) is 25.2 Å². The van der Waals surface area contributed by atoms with E-state index in [1.165, 1.54) is 7.11 Å². The molecule has 4 nitrogen and oxygen atoms in total. The monoisotopic (exact) mass is 196 g/mol. The van der Waals surface area contributed by atoms with Crippen LogP contribution in [-0.2, 0) is 4.74 Å². The highest BCUT2D eigenvalue weighted by molar-refractivity contribution is 7.78. The van der Waals surface area contributed by atoms with Crippen molar-refractivity contribution in [3.05, 3.63) is 17.5 Å². The van der Waals surface area contributed by atoms with Crippen LogP contribution in [0.4, 0.5) is 5.69 Å². The second kappa shape index (κ2) is 3.98. The smallest absolute Gasteiger partial charge is 0.356 e. The van der Waals surface area contributed by atoms with Gasteiger partial charge < -0.3 is 9.72 Å². The van der Waals surface area contributed by atoms with Crippen LogP contribution < -0.4 is 0 Å². The Kier molecular flexibility index (Phi) is 2.95. The fourth-order valence-electron chi connectivity index (χ4n) is 0.970. The van der Waals surface area contributed by atoms with Gasteiger partial charge in [-0.15, -0.1) is 0 Å². The summed E-state index contributed by atoms with van der Waals surface area (Å²) in [5.74, 6) is -0.461. The number of aromatic nitrogens is 1. The van der Waals surface area contributed by atoms with E-state index in [2.05, 4.69) is 32.1 Å². The molecule has 0 radical (unpaired) electrons. The van der Waals surface area contributed by atoms with Gasteiger partial charge in [-0.1, -0.05) is 0 Å². The first-order valence-corrected chi connectivity index (χ1v) is 3.95. The van der Waals surface area contributed by atoms with Gasteiger partial charge in [-0.2, -0.15) is 4.99 Å². The first-order valence-electron chi connectivity index (χ1n) is 3.55. The molecule has 0 aliphatic heterocycles. The number of rotatable bonds is 2. The highest BCUT2D eigenvalue weighted by atomic mass is 32.1. The van der Waals surface area contributed by atoms with Crippen molar-refractivity contribution in [3.63, 3.8) is 0 Å². The molecular weight excluding hydrogens is 188 g/mol. The van der Waals surface area contributed by atoms with Gasteiger partial charge in [0.05, 0.1) is 12.3 Å². The van der Waals surface area contributed by atoms with Crippen LogP contribution in [0.15, 0.2) is 11.1 Å². The number of thiocarbonyl (C=S) groups is 1. The Bertz CT molecular complexity index is 377. The average Bonchev–Trinajstić information content (AvgIpc) is 2.46. The number of carbonyl (C=O) groups excluding carboxylic acids is 1. The van der Waals surface area contributed by atoms with E-state index in [0.29, 0.717) is 11.4 Å². The lowest BCUT2D eigenvalue weighted by molar-refractivity contribution is 0.0595. The summed E-state index contributed by atoms with van der Waals surface area (Å²) in [6, 6.07) is 1.70. The number of esters is 1. The normalized spacial score (nSPS) is 9.08. The lowest BCUT2D eigenvalue weighted by atomic mass is 10.3. The van der Waals surface area contributed by atoms with Gasteiger partial charge in [0.25, 0.3) is 0 Å². The number of hydrogen-bond donors (Lipinski definition) is 1. The Labute approximate surface area is 80.6 Å². The molecular formula is C8H8N2O2S. The van der Waals surface area contributed by atoms with Crippen molar-refractivity contribution in [1.29, 1.82) is 0 Å². The molecule has 1 rings (SSSR count). The van der Waals surface area contributed by atoms with Gasteiger partial charge in [0.2, 0.25) is 0 Å². The molecule has 0 aliphatic carbocycles. The van der Waals surface area contributed by atoms with Crippen LogP contribution in [0, 0.1) is 6.92 Å². The molecule has 0 saturated carbocycles. The number of H-pyrrole nitrogens is 1. The molecule has 5 heteroatoms. The molecule has 0 spiro atoms. The zero-order valence-electron chi connectivity index (χ0n) is 7.25. The highest BCUT2D eigenvalue weighted by Crippen LogP contribution is 2.20. The standard InChI is InChI=1S/C8H8N2O2S/c1-5-3-6(9-4-13)7(10-5)8(11)12-2/h3,10H,1-2H3. The molecule has 68 valence electrons. The topological polar surface area (TPSA) is 54.5 Å². The minimum absolute atomic E-state index is 0.303. The molecule has 0 aromatic carbocycles. The molecule has 0 saturated heterocycles. The van der Waals surface area contributed by atoms with Crippen molar-refractivity contribution in [2.24, 2.45) is 4.99 Å². The largest absolute Gasteiger partial charge is 0.464 e. The minimum Gasteiger partial charge on any atom is -0.464 e. The van der Waals surface area contributed by atoms with E-state index < -0.39 is 5.97 Å². The van der Waals surface area contributed by atoms with E-state index in [1.807, 2.05) is 6.92 Å². The van der Waals surface area contributed by atoms with Crippen LogP contribution in [0.3, 0.4) is 0 Å². The summed E-state index contributed by atoms with van der Waals surface area (Å²) in [6.07, 6.45) is 0. The van der Waals surface area contributed by atoms with Crippen molar-refractivity contribution in [3.8, 4) is 0 Å². The van der Waals surface area contributed by atoms with Crippen molar-refractivity contribution in [1.82, 2.24) is 4.98 Å². The summed E-state index contributed by atoms with van der Waals surface area (Å²) >= 11 is 4.44. The minimum atomic E-state index is -0.461. The molecule has 0 aliphatic rings. The van der Waals surface area contributed by atoms with E-state index >= 15 is 0 Å². The average molecular weight is 196 g/mol. The summed E-state index contributed by atoms with van der Waals surface area (Å²) in [4.78, 5) is 17.7. The van der Waals surface area contributed by atoms with Crippen LogP contribution in [0.1, 0.15) is 16.2 Å². The molecule has 13 heavy (non-hydrogen) atoms. The molecule has 1 aromatic heterocycles. The number of ether oxygens (including phenoxy) is 1. The van der Waals surface area contributed by atoms with Crippen LogP contribution >= 0.6 is 12.2 Å². The van der Waals surface area contributed by atoms with Crippen molar-refractivity contribution >= 4 is 29.0 Å². The fourth-order valence-corrected chi connectivity index (χ4v) is 1.07. The summed E-state index contributed by atoms with van der Waals surface area (Å²) < 4.78 is 4.54. The van der Waals surface area contributed by atoms with Crippen molar-refractivity contribution in [2.75, 3.05) is 7.11 Å². The number of hydrogen-bond acceptors (Lipinski definition) is 4. The SMILES string of the molecule is COC(=O)c1[nH]c(C)cc1N=C=S. The van der Waals surface area contributed by atoms with Crippen molar-refractivity contribution < 1.29 is 9.53 Å². The number of isothiocyanates is 1. The van der Waals surface area contributed by atoms with Crippen molar-refractivity contribution in [2.45, 2.75) is 6.92 Å². The highest BCUT2D eigenvalue weighted by Gasteiger charge is 2.13. The maximum Gasteiger partial charge on any atom is 0.356 e. The third-order valence-corrected chi connectivity index (χ3v) is 1.58. The second-order valence-corrected chi connectivity index (χ2v) is 2.59. The molecule has 0 unspecified atom stereocenters. The Morgan fingerprint density at radius 2 is 2.46 bits per heavy atom. The molecule has 0 amide bonds. The predicted molar refractivity (Wildman–Crippen MR) is 51.6 cm³/mol. The Morgan fingerprint density at radius 1 is 1.77 bits per heavy atom. The quantitative estimate of drug-likeness (QED) is 0.446. The van der Waals surface area contributed by atoms with Crippen LogP contribution in [0.25, 0.3) is 0 Å². The zero-order valence-corrected chi connectivity index (χ0v) is 8.07. The first kappa shape index (κ1) is 9.64. The summed E-state index contributed by atoms with van der Waals surface area (Å²) in [7, 11) is 1.31. The number of aliphatic imine (C=N–C) groups is 1. The number of aromatic amines is 1. The van der Waals surface area contributed by atoms with E-state index in [-0.39, 0.29) is 0 Å². The molecule has 1 N–H and O–H groups in total. The van der Waals surface area contributed by atoms with Gasteiger partial charge in [0.1, 0.15) is 5.69 Å². The van der Waals surface area contributed by atoms with Gasteiger partial charge in [-0.3, -0.25) is 0 Å². The van der Waals surface area contributed by atoms with E-state index in [4.69, 9.17) is 0 Å². The molecule has 1 aromatic rings. The number of carbonyl (C=O) groups is 1. The number of aryl methyl sites for hydroxylation is 1. The Morgan fingerprint density at radius 3 is 3.00 bits per heavy atom. The zero-order chi connectivity index (χ0) is 9.84. The number of methoxy groups -OCH3 is 1. The van der Waals surface area contributed by atoms with Crippen LogP contribution in [-0.4, -0.2) is 23.2 Å². The van der Waals surface area contributed by atoms with Crippen LogP contribution in [0.5, 0.6) is 0 Å². The van der Waals surface area contributed by atoms with E-state index in [9.17, 15) is 4.79 Å². The summed E-state index contributed by atoms with van der Waals surface area (Å²) in [6.45, 7) is 1.81. The van der Waals surface area contributed by atoms with Gasteiger partial charge in [0, 0.05) is 5.69 Å². The number of nitrogens with one attached hydrogen (secondary N) is 1. The molecule has 0 atom stereocenters. The first-order chi connectivity index (χ1) is 6.19. The Hall–Kier alpha value is -1.45. The molecule has 0 bridgehead atoms. The lowest BCUT2D eigenvalue weighted by Crippen LogP contribution is -2.01. The lowest BCUT2D eigenvalue weighted by Gasteiger charge is -1.95.